The lowest BCUT2D eigenvalue weighted by molar-refractivity contribution is -0.134. The molecule has 0 aliphatic heterocycles. The fraction of sp³-hybridized carbons (Fsp3) is 0.364. The Morgan fingerprint density at radius 3 is 2.71 bits per heavy atom. The Labute approximate surface area is 83.8 Å². The quantitative estimate of drug-likeness (QED) is 0.374. The van der Waals surface area contributed by atoms with Crippen LogP contribution in [-0.4, -0.2) is 24.8 Å². The molecule has 0 aromatic heterocycles. The minimum absolute atomic E-state index is 0.154. The van der Waals surface area contributed by atoms with Gasteiger partial charge in [-0.2, -0.15) is 0 Å². The van der Waals surface area contributed by atoms with E-state index < -0.39 is 5.97 Å². The number of carbonyl (C=O) groups excluding carboxylic acids is 1. The van der Waals surface area contributed by atoms with E-state index in [1.807, 2.05) is 0 Å². The van der Waals surface area contributed by atoms with E-state index in [-0.39, 0.29) is 6.61 Å². The molecule has 0 aromatic rings. The van der Waals surface area contributed by atoms with Crippen molar-refractivity contribution in [2.75, 3.05) is 13.7 Å². The van der Waals surface area contributed by atoms with Gasteiger partial charge in [-0.15, -0.1) is 0 Å². The first-order valence-electron chi connectivity index (χ1n) is 4.02. The summed E-state index contributed by atoms with van der Waals surface area (Å²) >= 11 is 0. The van der Waals surface area contributed by atoms with Crippen molar-refractivity contribution in [3.8, 4) is 23.7 Å². The number of methoxy groups -OCH3 is 1. The van der Waals surface area contributed by atoms with Crippen LogP contribution in [0.25, 0.3) is 0 Å². The van der Waals surface area contributed by atoms with Gasteiger partial charge in [0.25, 0.3) is 0 Å². The van der Waals surface area contributed by atoms with E-state index in [1.165, 1.54) is 13.2 Å². The zero-order valence-corrected chi connectivity index (χ0v) is 8.26. The molecular weight excluding hydrogens is 180 g/mol. The molecule has 0 radical (unpaired) electrons. The summed E-state index contributed by atoms with van der Waals surface area (Å²) in [5, 5.41) is 8.33. The number of ether oxygens (including phenoxy) is 1. The van der Waals surface area contributed by atoms with Crippen molar-refractivity contribution in [1.29, 1.82) is 0 Å². The largest absolute Gasteiger partial charge is 0.466 e. The fourth-order valence-electron chi connectivity index (χ4n) is 0.618. The lowest BCUT2D eigenvalue weighted by Crippen LogP contribution is -1.94. The maximum Gasteiger partial charge on any atom is 0.331 e. The van der Waals surface area contributed by atoms with Crippen molar-refractivity contribution < 1.29 is 14.6 Å². The SMILES string of the molecule is COC(=O)/C=C(\C)C#CCC#CCO. The Morgan fingerprint density at radius 2 is 2.14 bits per heavy atom. The van der Waals surface area contributed by atoms with E-state index in [9.17, 15) is 4.79 Å². The van der Waals surface area contributed by atoms with Gasteiger partial charge in [-0.3, -0.25) is 0 Å². The number of rotatable bonds is 1. The number of hydrogen-bond acceptors (Lipinski definition) is 3. The summed E-state index contributed by atoms with van der Waals surface area (Å²) in [6, 6.07) is 0. The second-order valence-corrected chi connectivity index (χ2v) is 2.34. The van der Waals surface area contributed by atoms with Crippen LogP contribution in [0.2, 0.25) is 0 Å². The highest BCUT2D eigenvalue weighted by Crippen LogP contribution is 1.90. The van der Waals surface area contributed by atoms with Crippen LogP contribution in [0.1, 0.15) is 13.3 Å². The lowest BCUT2D eigenvalue weighted by Gasteiger charge is -1.89. The van der Waals surface area contributed by atoms with Gasteiger partial charge in [0.15, 0.2) is 0 Å². The highest BCUT2D eigenvalue weighted by molar-refractivity contribution is 5.83. The zero-order chi connectivity index (χ0) is 10.8. The molecule has 0 atom stereocenters. The number of carbonyl (C=O) groups is 1. The molecule has 0 rings (SSSR count). The van der Waals surface area contributed by atoms with Crippen molar-refractivity contribution >= 4 is 5.97 Å². The van der Waals surface area contributed by atoms with Crippen LogP contribution in [0, 0.1) is 23.7 Å². The molecule has 0 fully saturated rings. The molecule has 14 heavy (non-hydrogen) atoms. The normalized spacial score (nSPS) is 9.21. The molecule has 3 nitrogen and oxygen atoms in total. The standard InChI is InChI=1S/C11H12O3/c1-10(9-11(13)14-2)7-5-3-4-6-8-12/h9,12H,3,8H2,1-2H3/b10-9+. The van der Waals surface area contributed by atoms with Crippen molar-refractivity contribution in [3.05, 3.63) is 11.6 Å². The minimum atomic E-state index is -0.418. The number of allylic oxidation sites excluding steroid dienone is 1. The molecule has 0 unspecified atom stereocenters. The van der Waals surface area contributed by atoms with Gasteiger partial charge in [0.2, 0.25) is 0 Å². The van der Waals surface area contributed by atoms with Crippen molar-refractivity contribution in [3.63, 3.8) is 0 Å². The van der Waals surface area contributed by atoms with Gasteiger partial charge in [-0.1, -0.05) is 23.7 Å². The number of aliphatic hydroxyl groups is 1. The Kier molecular flexibility index (Phi) is 6.95. The summed E-state index contributed by atoms with van der Waals surface area (Å²) in [7, 11) is 1.31. The highest BCUT2D eigenvalue weighted by atomic mass is 16.5. The van der Waals surface area contributed by atoms with Crippen molar-refractivity contribution in [1.82, 2.24) is 0 Å². The first-order chi connectivity index (χ1) is 6.70. The van der Waals surface area contributed by atoms with E-state index >= 15 is 0 Å². The summed E-state index contributed by atoms with van der Waals surface area (Å²) in [6.45, 7) is 1.56. The second-order valence-electron chi connectivity index (χ2n) is 2.34. The van der Waals surface area contributed by atoms with Gasteiger partial charge >= 0.3 is 5.97 Å². The van der Waals surface area contributed by atoms with Gasteiger partial charge in [0, 0.05) is 11.6 Å². The summed E-state index contributed by atoms with van der Waals surface area (Å²) in [6.07, 6.45) is 1.69. The minimum Gasteiger partial charge on any atom is -0.466 e. The van der Waals surface area contributed by atoms with E-state index in [1.54, 1.807) is 6.92 Å². The predicted molar refractivity (Wildman–Crippen MR) is 53.0 cm³/mol. The molecule has 0 bridgehead atoms. The van der Waals surface area contributed by atoms with Gasteiger partial charge in [-0.05, 0) is 6.92 Å². The molecule has 0 amide bonds. The summed E-state index contributed by atoms with van der Waals surface area (Å²) < 4.78 is 4.42. The maximum absolute atomic E-state index is 10.7. The van der Waals surface area contributed by atoms with Crippen molar-refractivity contribution in [2.45, 2.75) is 13.3 Å². The second kappa shape index (κ2) is 7.91. The Bertz CT molecular complexity index is 331. The molecule has 0 heterocycles. The lowest BCUT2D eigenvalue weighted by atomic mass is 10.3. The third-order valence-electron chi connectivity index (χ3n) is 1.20. The Balaban J connectivity index is 4.10. The average molecular weight is 192 g/mol. The zero-order valence-electron chi connectivity index (χ0n) is 8.26. The van der Waals surface area contributed by atoms with Crippen LogP contribution in [-0.2, 0) is 9.53 Å². The van der Waals surface area contributed by atoms with Gasteiger partial charge < -0.3 is 9.84 Å². The summed E-state index contributed by atoms with van der Waals surface area (Å²) in [4.78, 5) is 10.7. The Hall–Kier alpha value is -1.71. The maximum atomic E-state index is 10.7. The average Bonchev–Trinajstić information content (AvgIpc) is 2.17. The third-order valence-corrected chi connectivity index (χ3v) is 1.20. The van der Waals surface area contributed by atoms with E-state index in [0.29, 0.717) is 12.0 Å². The number of hydrogen-bond donors (Lipinski definition) is 1. The third kappa shape index (κ3) is 6.97. The van der Waals surface area contributed by atoms with E-state index in [4.69, 9.17) is 5.11 Å². The van der Waals surface area contributed by atoms with Crippen LogP contribution in [0.3, 0.4) is 0 Å². The molecule has 0 aromatic carbocycles. The summed E-state index contributed by atoms with van der Waals surface area (Å²) in [5.74, 6) is 10.2. The van der Waals surface area contributed by atoms with Crippen LogP contribution in [0.4, 0.5) is 0 Å². The molecule has 1 N–H and O–H groups in total. The van der Waals surface area contributed by atoms with Crippen LogP contribution in [0.15, 0.2) is 11.6 Å². The van der Waals surface area contributed by atoms with Crippen LogP contribution in [0.5, 0.6) is 0 Å². The smallest absolute Gasteiger partial charge is 0.331 e. The Morgan fingerprint density at radius 1 is 1.43 bits per heavy atom. The van der Waals surface area contributed by atoms with Crippen LogP contribution >= 0.6 is 0 Å². The molecular formula is C11H12O3. The molecule has 3 heteroatoms. The molecule has 0 saturated carbocycles. The first-order valence-corrected chi connectivity index (χ1v) is 4.02. The molecule has 0 aliphatic rings. The van der Waals surface area contributed by atoms with E-state index in [0.717, 1.165) is 0 Å². The predicted octanol–water partition coefficient (Wildman–Crippen LogP) is 0.495. The summed E-state index contributed by atoms with van der Waals surface area (Å²) in [5.41, 5.74) is 0.627. The fourth-order valence-corrected chi connectivity index (χ4v) is 0.618. The van der Waals surface area contributed by atoms with Crippen LogP contribution < -0.4 is 0 Å². The highest BCUT2D eigenvalue weighted by Gasteiger charge is 1.91. The van der Waals surface area contributed by atoms with Crippen molar-refractivity contribution in [2.24, 2.45) is 0 Å². The topological polar surface area (TPSA) is 46.5 Å². The first kappa shape index (κ1) is 12.3. The number of esters is 1. The molecule has 0 spiro atoms. The number of aliphatic hydroxyl groups excluding tert-OH is 1. The monoisotopic (exact) mass is 192 g/mol. The van der Waals surface area contributed by atoms with Gasteiger partial charge in [0.1, 0.15) is 6.61 Å². The molecule has 0 aliphatic carbocycles. The van der Waals surface area contributed by atoms with E-state index in [2.05, 4.69) is 28.4 Å². The van der Waals surface area contributed by atoms with Gasteiger partial charge in [0.05, 0.1) is 13.5 Å². The molecule has 0 saturated heterocycles. The molecule has 74 valence electrons. The van der Waals surface area contributed by atoms with Gasteiger partial charge in [-0.25, -0.2) is 4.79 Å².